The lowest BCUT2D eigenvalue weighted by Crippen LogP contribution is -2.23. The maximum absolute atomic E-state index is 13.3. The van der Waals surface area contributed by atoms with Crippen molar-refractivity contribution in [3.8, 4) is 11.5 Å². The van der Waals surface area contributed by atoms with Crippen LogP contribution in [0.4, 0.5) is 16.0 Å². The number of anilines is 2. The summed E-state index contributed by atoms with van der Waals surface area (Å²) < 4.78 is 21.0. The number of hydrogen-bond donors (Lipinski definition) is 2. The molecule has 9 heteroatoms. The molecule has 4 rings (SSSR count). The number of halogens is 1. The molecule has 3 aromatic heterocycles. The van der Waals surface area contributed by atoms with Gasteiger partial charge in [0.1, 0.15) is 23.1 Å². The first-order valence-corrected chi connectivity index (χ1v) is 9.86. The van der Waals surface area contributed by atoms with E-state index in [2.05, 4.69) is 25.7 Å². The summed E-state index contributed by atoms with van der Waals surface area (Å²) in [4.78, 5) is 20.7. The van der Waals surface area contributed by atoms with E-state index in [1.54, 1.807) is 41.2 Å². The van der Waals surface area contributed by atoms with Crippen LogP contribution in [0.5, 0.6) is 11.5 Å². The van der Waals surface area contributed by atoms with Crippen molar-refractivity contribution in [3.05, 3.63) is 89.8 Å². The fourth-order valence-electron chi connectivity index (χ4n) is 3.08. The third-order valence-corrected chi connectivity index (χ3v) is 4.67. The molecule has 0 fully saturated rings. The molecule has 0 saturated carbocycles. The first kappa shape index (κ1) is 21.0. The number of aromatic nitrogens is 4. The average Bonchev–Trinajstić information content (AvgIpc) is 3.18. The first-order valence-electron chi connectivity index (χ1n) is 9.86. The standard InChI is InChI=1S/C23H21FN6O2/c1-15-19(23(31)27-13-16-10-17(24)14-25-12-16)4-3-5-20(15)32-18-6-8-26-22(11-18)28-21-7-9-30(2)29-21/h3-12,14H,13H2,1-2H3,(H,27,31)(H,26,28,29). The molecule has 3 heterocycles. The number of ether oxygens (including phenoxy) is 1. The zero-order valence-electron chi connectivity index (χ0n) is 17.5. The number of nitrogens with zero attached hydrogens (tertiary/aromatic N) is 4. The van der Waals surface area contributed by atoms with Gasteiger partial charge in [-0.1, -0.05) is 6.07 Å². The van der Waals surface area contributed by atoms with Crippen LogP contribution in [-0.4, -0.2) is 25.7 Å². The molecule has 162 valence electrons. The molecule has 0 saturated heterocycles. The van der Waals surface area contributed by atoms with Crippen LogP contribution in [0.2, 0.25) is 0 Å². The van der Waals surface area contributed by atoms with Gasteiger partial charge in [-0.25, -0.2) is 9.37 Å². The molecule has 0 aliphatic heterocycles. The van der Waals surface area contributed by atoms with Gasteiger partial charge in [-0.15, -0.1) is 0 Å². The topological polar surface area (TPSA) is 94.0 Å². The van der Waals surface area contributed by atoms with Crippen molar-refractivity contribution in [2.45, 2.75) is 13.5 Å². The van der Waals surface area contributed by atoms with Crippen LogP contribution in [-0.2, 0) is 13.6 Å². The summed E-state index contributed by atoms with van der Waals surface area (Å²) in [6.07, 6.45) is 6.08. The number of nitrogens with one attached hydrogen (secondary N) is 2. The van der Waals surface area contributed by atoms with E-state index in [0.29, 0.717) is 39.8 Å². The normalized spacial score (nSPS) is 10.6. The number of hydrogen-bond acceptors (Lipinski definition) is 6. The molecule has 0 aliphatic carbocycles. The van der Waals surface area contributed by atoms with Gasteiger partial charge in [0.25, 0.3) is 5.91 Å². The highest BCUT2D eigenvalue weighted by Gasteiger charge is 2.13. The van der Waals surface area contributed by atoms with Crippen molar-refractivity contribution in [2.24, 2.45) is 7.05 Å². The second-order valence-electron chi connectivity index (χ2n) is 7.10. The molecule has 32 heavy (non-hydrogen) atoms. The first-order chi connectivity index (χ1) is 15.5. The van der Waals surface area contributed by atoms with Gasteiger partial charge in [0.05, 0.1) is 6.20 Å². The molecule has 1 amide bonds. The second kappa shape index (κ2) is 9.25. The predicted octanol–water partition coefficient (Wildman–Crippen LogP) is 4.12. The zero-order valence-corrected chi connectivity index (χ0v) is 17.5. The lowest BCUT2D eigenvalue weighted by atomic mass is 10.1. The zero-order chi connectivity index (χ0) is 22.5. The summed E-state index contributed by atoms with van der Waals surface area (Å²) in [5.41, 5.74) is 1.72. The van der Waals surface area contributed by atoms with E-state index in [1.807, 2.05) is 26.2 Å². The molecule has 4 aromatic rings. The van der Waals surface area contributed by atoms with Crippen molar-refractivity contribution in [2.75, 3.05) is 5.32 Å². The van der Waals surface area contributed by atoms with Gasteiger partial charge in [0, 0.05) is 55.4 Å². The molecule has 8 nitrogen and oxygen atoms in total. The predicted molar refractivity (Wildman–Crippen MR) is 117 cm³/mol. The highest BCUT2D eigenvalue weighted by atomic mass is 19.1. The van der Waals surface area contributed by atoms with Crippen molar-refractivity contribution < 1.29 is 13.9 Å². The lowest BCUT2D eigenvalue weighted by Gasteiger charge is -2.13. The number of benzene rings is 1. The minimum Gasteiger partial charge on any atom is -0.457 e. The number of carbonyl (C=O) groups is 1. The summed E-state index contributed by atoms with van der Waals surface area (Å²) in [7, 11) is 1.83. The van der Waals surface area contributed by atoms with E-state index in [-0.39, 0.29) is 12.5 Å². The third kappa shape index (κ3) is 5.07. The number of carbonyl (C=O) groups excluding carboxylic acids is 1. The molecule has 2 N–H and O–H groups in total. The monoisotopic (exact) mass is 432 g/mol. The van der Waals surface area contributed by atoms with Crippen LogP contribution in [0, 0.1) is 12.7 Å². The highest BCUT2D eigenvalue weighted by molar-refractivity contribution is 5.96. The number of pyridine rings is 2. The van der Waals surface area contributed by atoms with E-state index in [9.17, 15) is 9.18 Å². The van der Waals surface area contributed by atoms with Crippen LogP contribution in [0.3, 0.4) is 0 Å². The van der Waals surface area contributed by atoms with E-state index >= 15 is 0 Å². The van der Waals surface area contributed by atoms with Gasteiger partial charge in [0.15, 0.2) is 5.82 Å². The Bertz CT molecular complexity index is 1260. The second-order valence-corrected chi connectivity index (χ2v) is 7.10. The Kier molecular flexibility index (Phi) is 6.07. The summed E-state index contributed by atoms with van der Waals surface area (Å²) >= 11 is 0. The van der Waals surface area contributed by atoms with Gasteiger partial charge < -0.3 is 15.4 Å². The summed E-state index contributed by atoms with van der Waals surface area (Å²) in [6.45, 7) is 1.98. The largest absolute Gasteiger partial charge is 0.457 e. The number of aryl methyl sites for hydroxylation is 1. The van der Waals surface area contributed by atoms with Crippen LogP contribution >= 0.6 is 0 Å². The molecule has 0 radical (unpaired) electrons. The van der Waals surface area contributed by atoms with Crippen molar-refractivity contribution in [1.29, 1.82) is 0 Å². The van der Waals surface area contributed by atoms with Gasteiger partial charge in [-0.05, 0) is 36.8 Å². The minimum absolute atomic E-state index is 0.168. The van der Waals surface area contributed by atoms with Crippen molar-refractivity contribution >= 4 is 17.5 Å². The van der Waals surface area contributed by atoms with E-state index in [1.165, 1.54) is 12.3 Å². The SMILES string of the molecule is Cc1c(Oc2ccnc(Nc3ccn(C)n3)c2)cccc1C(=O)NCc1cncc(F)c1. The van der Waals surface area contributed by atoms with Crippen LogP contribution in [0.15, 0.2) is 67.3 Å². The number of rotatable bonds is 7. The Hall–Kier alpha value is -4.27. The Labute approximate surface area is 184 Å². The van der Waals surface area contributed by atoms with Gasteiger partial charge in [-0.2, -0.15) is 5.10 Å². The maximum atomic E-state index is 13.3. The van der Waals surface area contributed by atoms with Crippen LogP contribution in [0.1, 0.15) is 21.5 Å². The number of amides is 1. The van der Waals surface area contributed by atoms with Gasteiger partial charge >= 0.3 is 0 Å². The summed E-state index contributed by atoms with van der Waals surface area (Å²) in [5, 5.41) is 10.2. The Morgan fingerprint density at radius 3 is 2.81 bits per heavy atom. The molecule has 0 aliphatic rings. The van der Waals surface area contributed by atoms with Crippen LogP contribution in [0.25, 0.3) is 0 Å². The summed E-state index contributed by atoms with van der Waals surface area (Å²) in [5.74, 6) is 1.61. The third-order valence-electron chi connectivity index (χ3n) is 4.67. The Morgan fingerprint density at radius 2 is 2.03 bits per heavy atom. The van der Waals surface area contributed by atoms with Gasteiger partial charge in [-0.3, -0.25) is 14.5 Å². The lowest BCUT2D eigenvalue weighted by molar-refractivity contribution is 0.0950. The van der Waals surface area contributed by atoms with Crippen molar-refractivity contribution in [3.63, 3.8) is 0 Å². The Morgan fingerprint density at radius 1 is 1.16 bits per heavy atom. The highest BCUT2D eigenvalue weighted by Crippen LogP contribution is 2.28. The molecule has 0 bridgehead atoms. The van der Waals surface area contributed by atoms with Gasteiger partial charge in [0.2, 0.25) is 0 Å². The smallest absolute Gasteiger partial charge is 0.251 e. The molecular formula is C23H21FN6O2. The molecule has 0 unspecified atom stereocenters. The summed E-state index contributed by atoms with van der Waals surface area (Å²) in [6, 6.07) is 11.9. The Balaban J connectivity index is 1.46. The van der Waals surface area contributed by atoms with Crippen molar-refractivity contribution in [1.82, 2.24) is 25.1 Å². The molecular weight excluding hydrogens is 411 g/mol. The van der Waals surface area contributed by atoms with Crippen LogP contribution < -0.4 is 15.4 Å². The minimum atomic E-state index is -0.447. The fraction of sp³-hybridized carbons (Fsp3) is 0.130. The quantitative estimate of drug-likeness (QED) is 0.456. The molecule has 0 spiro atoms. The average molecular weight is 432 g/mol. The molecule has 1 aromatic carbocycles. The van der Waals surface area contributed by atoms with E-state index in [0.717, 1.165) is 6.20 Å². The van der Waals surface area contributed by atoms with E-state index < -0.39 is 5.82 Å². The maximum Gasteiger partial charge on any atom is 0.251 e. The van der Waals surface area contributed by atoms with E-state index in [4.69, 9.17) is 4.74 Å². The fourth-order valence-corrected chi connectivity index (χ4v) is 3.08. The molecule has 0 atom stereocenters.